The molecule has 0 atom stereocenters. The highest BCUT2D eigenvalue weighted by molar-refractivity contribution is 9.10. The molecule has 1 N–H and O–H groups in total. The number of nitrogens with zero attached hydrogens (tertiary/aromatic N) is 1. The summed E-state index contributed by atoms with van der Waals surface area (Å²) in [4.78, 5) is 16.2. The van der Waals surface area contributed by atoms with Gasteiger partial charge in [-0.1, -0.05) is 15.9 Å². The van der Waals surface area contributed by atoms with Crippen molar-refractivity contribution in [2.45, 2.75) is 20.0 Å². The van der Waals surface area contributed by atoms with E-state index in [4.69, 9.17) is 4.74 Å². The Morgan fingerprint density at radius 3 is 2.46 bits per heavy atom. The molecule has 3 rings (SSSR count). The number of carboxylic acid groups (broad SMARTS) is 1. The summed E-state index contributed by atoms with van der Waals surface area (Å²) in [7, 11) is 0. The van der Waals surface area contributed by atoms with Crippen LogP contribution in [0.3, 0.4) is 0 Å². The largest absolute Gasteiger partial charge is 0.491 e. The van der Waals surface area contributed by atoms with Gasteiger partial charge in [0.05, 0.1) is 22.9 Å². The van der Waals surface area contributed by atoms with E-state index in [0.29, 0.717) is 16.6 Å². The van der Waals surface area contributed by atoms with Crippen LogP contribution in [0.1, 0.15) is 24.2 Å². The molecule has 0 spiro atoms. The van der Waals surface area contributed by atoms with Crippen LogP contribution < -0.4 is 4.74 Å². The standard InChI is InChI=1S/C19H16BrNO3/c1-11(2)24-14-6-3-12(4-7-14)18-10-16(19(22)23)15-9-13(20)5-8-17(15)21-18/h3-11H,1-2H3,(H,22,23). The fraction of sp³-hybridized carbons (Fsp3) is 0.158. The molecule has 2 aromatic carbocycles. The van der Waals surface area contributed by atoms with Crippen molar-refractivity contribution in [3.05, 3.63) is 58.6 Å². The van der Waals surface area contributed by atoms with Gasteiger partial charge in [-0.05, 0) is 62.4 Å². The highest BCUT2D eigenvalue weighted by atomic mass is 79.9. The average molecular weight is 386 g/mol. The number of hydrogen-bond donors (Lipinski definition) is 1. The average Bonchev–Trinajstić information content (AvgIpc) is 2.54. The van der Waals surface area contributed by atoms with Crippen molar-refractivity contribution in [2.24, 2.45) is 0 Å². The van der Waals surface area contributed by atoms with Crippen molar-refractivity contribution < 1.29 is 14.6 Å². The van der Waals surface area contributed by atoms with Gasteiger partial charge in [-0.15, -0.1) is 0 Å². The molecule has 1 aromatic heterocycles. The molecule has 3 aromatic rings. The minimum Gasteiger partial charge on any atom is -0.491 e. The lowest BCUT2D eigenvalue weighted by Gasteiger charge is -2.11. The molecular weight excluding hydrogens is 370 g/mol. The molecule has 0 bridgehead atoms. The fourth-order valence-corrected chi connectivity index (χ4v) is 2.86. The van der Waals surface area contributed by atoms with Gasteiger partial charge in [0, 0.05) is 15.4 Å². The fourth-order valence-electron chi connectivity index (χ4n) is 2.50. The van der Waals surface area contributed by atoms with E-state index in [1.807, 2.05) is 50.2 Å². The number of halogens is 1. The summed E-state index contributed by atoms with van der Waals surface area (Å²) in [6.07, 6.45) is 0.103. The van der Waals surface area contributed by atoms with Crippen LogP contribution in [0, 0.1) is 0 Å². The van der Waals surface area contributed by atoms with Gasteiger partial charge >= 0.3 is 5.97 Å². The molecule has 0 radical (unpaired) electrons. The molecule has 0 saturated carbocycles. The Bertz CT molecular complexity index is 904. The summed E-state index contributed by atoms with van der Waals surface area (Å²) in [5, 5.41) is 10.1. The van der Waals surface area contributed by atoms with Crippen molar-refractivity contribution in [1.29, 1.82) is 0 Å². The third-order valence-electron chi connectivity index (χ3n) is 3.52. The molecule has 0 aliphatic rings. The second kappa shape index (κ2) is 6.61. The first-order chi connectivity index (χ1) is 11.4. The van der Waals surface area contributed by atoms with Gasteiger partial charge in [-0.25, -0.2) is 9.78 Å². The van der Waals surface area contributed by atoms with Crippen LogP contribution in [0.4, 0.5) is 0 Å². The monoisotopic (exact) mass is 385 g/mol. The van der Waals surface area contributed by atoms with Crippen LogP contribution in [-0.2, 0) is 0 Å². The first-order valence-electron chi connectivity index (χ1n) is 7.55. The van der Waals surface area contributed by atoms with Gasteiger partial charge in [0.15, 0.2) is 0 Å². The SMILES string of the molecule is CC(C)Oc1ccc(-c2cc(C(=O)O)c3cc(Br)ccc3n2)cc1. The first-order valence-corrected chi connectivity index (χ1v) is 8.34. The van der Waals surface area contributed by atoms with Crippen molar-refractivity contribution in [3.63, 3.8) is 0 Å². The minimum absolute atomic E-state index is 0.103. The molecule has 0 unspecified atom stereocenters. The second-order valence-corrected chi connectivity index (χ2v) is 6.63. The normalized spacial score (nSPS) is 11.0. The lowest BCUT2D eigenvalue weighted by atomic mass is 10.0. The summed E-state index contributed by atoms with van der Waals surface area (Å²) in [6.45, 7) is 3.94. The van der Waals surface area contributed by atoms with Gasteiger partial charge in [-0.3, -0.25) is 0 Å². The number of aromatic nitrogens is 1. The van der Waals surface area contributed by atoms with Gasteiger partial charge in [0.1, 0.15) is 5.75 Å². The molecular formula is C19H16BrNO3. The predicted octanol–water partition coefficient (Wildman–Crippen LogP) is 5.15. The van der Waals surface area contributed by atoms with Gasteiger partial charge in [-0.2, -0.15) is 0 Å². The summed E-state index contributed by atoms with van der Waals surface area (Å²) in [5.41, 5.74) is 2.35. The Kier molecular flexibility index (Phi) is 4.53. The van der Waals surface area contributed by atoms with E-state index in [0.717, 1.165) is 15.8 Å². The summed E-state index contributed by atoms with van der Waals surface area (Å²) in [5.74, 6) is -0.196. The minimum atomic E-state index is -0.971. The number of aromatic carboxylic acids is 1. The summed E-state index contributed by atoms with van der Waals surface area (Å²) >= 11 is 3.37. The quantitative estimate of drug-likeness (QED) is 0.674. The predicted molar refractivity (Wildman–Crippen MR) is 97.6 cm³/mol. The Morgan fingerprint density at radius 2 is 1.83 bits per heavy atom. The highest BCUT2D eigenvalue weighted by Gasteiger charge is 2.13. The molecule has 0 amide bonds. The van der Waals surface area contributed by atoms with E-state index in [-0.39, 0.29) is 11.7 Å². The van der Waals surface area contributed by atoms with Crippen molar-refractivity contribution in [3.8, 4) is 17.0 Å². The third-order valence-corrected chi connectivity index (χ3v) is 4.02. The number of carbonyl (C=O) groups is 1. The van der Waals surface area contributed by atoms with Crippen LogP contribution in [0.25, 0.3) is 22.2 Å². The highest BCUT2D eigenvalue weighted by Crippen LogP contribution is 2.28. The van der Waals surface area contributed by atoms with Crippen LogP contribution in [0.15, 0.2) is 53.0 Å². The van der Waals surface area contributed by atoms with Gasteiger partial charge in [0.2, 0.25) is 0 Å². The van der Waals surface area contributed by atoms with Gasteiger partial charge < -0.3 is 9.84 Å². The number of pyridine rings is 1. The molecule has 0 fully saturated rings. The lowest BCUT2D eigenvalue weighted by molar-refractivity contribution is 0.0699. The zero-order chi connectivity index (χ0) is 17.3. The van der Waals surface area contributed by atoms with Crippen molar-refractivity contribution >= 4 is 32.8 Å². The van der Waals surface area contributed by atoms with E-state index in [1.54, 1.807) is 12.1 Å². The Hall–Kier alpha value is -2.40. The maximum absolute atomic E-state index is 11.6. The Balaban J connectivity index is 2.09. The zero-order valence-corrected chi connectivity index (χ0v) is 14.9. The van der Waals surface area contributed by atoms with Crippen molar-refractivity contribution in [2.75, 3.05) is 0 Å². The number of ether oxygens (including phenoxy) is 1. The second-order valence-electron chi connectivity index (χ2n) is 5.71. The van der Waals surface area contributed by atoms with Crippen LogP contribution >= 0.6 is 15.9 Å². The number of fused-ring (bicyclic) bond motifs is 1. The number of benzene rings is 2. The Morgan fingerprint density at radius 1 is 1.12 bits per heavy atom. The molecule has 0 aliphatic carbocycles. The van der Waals surface area contributed by atoms with E-state index >= 15 is 0 Å². The van der Waals surface area contributed by atoms with Gasteiger partial charge in [0.25, 0.3) is 0 Å². The van der Waals surface area contributed by atoms with Crippen molar-refractivity contribution in [1.82, 2.24) is 4.98 Å². The van der Waals surface area contributed by atoms with Crippen LogP contribution in [0.2, 0.25) is 0 Å². The maximum Gasteiger partial charge on any atom is 0.336 e. The number of rotatable bonds is 4. The molecule has 4 nitrogen and oxygen atoms in total. The third kappa shape index (κ3) is 3.41. The molecule has 122 valence electrons. The first kappa shape index (κ1) is 16.5. The number of hydrogen-bond acceptors (Lipinski definition) is 3. The molecule has 0 aliphatic heterocycles. The molecule has 0 saturated heterocycles. The summed E-state index contributed by atoms with van der Waals surface area (Å²) in [6, 6.07) is 14.5. The Labute approximate surface area is 148 Å². The molecule has 24 heavy (non-hydrogen) atoms. The van der Waals surface area contributed by atoms with E-state index < -0.39 is 5.97 Å². The van der Waals surface area contributed by atoms with E-state index in [2.05, 4.69) is 20.9 Å². The topological polar surface area (TPSA) is 59.4 Å². The van der Waals surface area contributed by atoms with Crippen LogP contribution in [-0.4, -0.2) is 22.2 Å². The smallest absolute Gasteiger partial charge is 0.336 e. The number of carboxylic acids is 1. The summed E-state index contributed by atoms with van der Waals surface area (Å²) < 4.78 is 6.45. The lowest BCUT2D eigenvalue weighted by Crippen LogP contribution is -2.05. The van der Waals surface area contributed by atoms with E-state index in [9.17, 15) is 9.90 Å². The van der Waals surface area contributed by atoms with Crippen LogP contribution in [0.5, 0.6) is 5.75 Å². The molecule has 1 heterocycles. The molecule has 5 heteroatoms. The maximum atomic E-state index is 11.6. The van der Waals surface area contributed by atoms with E-state index in [1.165, 1.54) is 0 Å². The zero-order valence-electron chi connectivity index (χ0n) is 13.3.